The van der Waals surface area contributed by atoms with Crippen LogP contribution < -0.4 is 9.64 Å². The Morgan fingerprint density at radius 2 is 1.97 bits per heavy atom. The van der Waals surface area contributed by atoms with Crippen LogP contribution in [0.15, 0.2) is 37.2 Å². The Morgan fingerprint density at radius 1 is 1.19 bits per heavy atom. The van der Waals surface area contributed by atoms with Crippen molar-refractivity contribution in [2.24, 2.45) is 17.8 Å². The van der Waals surface area contributed by atoms with Gasteiger partial charge in [-0.25, -0.2) is 14.4 Å². The van der Waals surface area contributed by atoms with E-state index in [9.17, 15) is 4.39 Å². The van der Waals surface area contributed by atoms with Gasteiger partial charge < -0.3 is 9.64 Å². The molecule has 3 aromatic rings. The Kier molecular flexibility index (Phi) is 5.55. The number of hydrogen-bond donors (Lipinski definition) is 0. The van der Waals surface area contributed by atoms with Crippen LogP contribution in [-0.4, -0.2) is 37.8 Å². The number of ether oxygens (including phenoxy) is 1. The number of hydrogen-bond acceptors (Lipinski definition) is 6. The number of fused-ring (bicyclic) bond motifs is 2. The molecule has 5 rings (SSSR count). The Labute approximate surface area is 190 Å². The highest BCUT2D eigenvalue weighted by Gasteiger charge is 2.42. The first-order valence-corrected chi connectivity index (χ1v) is 11.1. The molecule has 2 aliphatic rings. The molecule has 1 aliphatic heterocycles. The lowest BCUT2D eigenvalue weighted by atomic mass is 9.82. The smallest absolute Gasteiger partial charge is 0.324 e. The summed E-state index contributed by atoms with van der Waals surface area (Å²) in [6.45, 7) is 7.73. The Hall–Kier alpha value is -3.00. The monoisotopic (exact) mass is 454 g/mol. The van der Waals surface area contributed by atoms with Gasteiger partial charge in [-0.1, -0.05) is 18.2 Å². The second-order valence-electron chi connectivity index (χ2n) is 8.53. The summed E-state index contributed by atoms with van der Waals surface area (Å²) in [5, 5.41) is 4.81. The highest BCUT2D eigenvalue weighted by atomic mass is 35.5. The topological polar surface area (TPSA) is 69.0 Å². The second kappa shape index (κ2) is 8.50. The molecule has 2 atom stereocenters. The van der Waals surface area contributed by atoms with Gasteiger partial charge in [-0.15, -0.1) is 5.10 Å². The van der Waals surface area contributed by atoms with Gasteiger partial charge in [-0.2, -0.15) is 9.67 Å². The van der Waals surface area contributed by atoms with Gasteiger partial charge >= 0.3 is 6.01 Å². The third-order valence-corrected chi connectivity index (χ3v) is 6.64. The molecule has 2 fully saturated rings. The van der Waals surface area contributed by atoms with E-state index in [4.69, 9.17) is 16.3 Å². The SMILES string of the molecule is C=Cn1nc(CC2C3CCC2CN(c2cc(C)ncn2)C3)nc1Oc1cc(F)cc(Cl)c1. The molecule has 7 nitrogen and oxygen atoms in total. The lowest BCUT2D eigenvalue weighted by Crippen LogP contribution is -2.43. The average molecular weight is 455 g/mol. The molecule has 0 radical (unpaired) electrons. The molecule has 0 N–H and O–H groups in total. The largest absolute Gasteiger partial charge is 0.424 e. The first-order valence-electron chi connectivity index (χ1n) is 10.7. The van der Waals surface area contributed by atoms with E-state index in [-0.39, 0.29) is 16.8 Å². The zero-order valence-corrected chi connectivity index (χ0v) is 18.5. The van der Waals surface area contributed by atoms with Crippen LogP contribution in [0, 0.1) is 30.5 Å². The minimum Gasteiger partial charge on any atom is -0.424 e. The molecule has 1 aromatic carbocycles. The third kappa shape index (κ3) is 4.19. The van der Waals surface area contributed by atoms with Crippen molar-refractivity contribution in [2.45, 2.75) is 26.2 Å². The predicted octanol–water partition coefficient (Wildman–Crippen LogP) is 4.77. The van der Waals surface area contributed by atoms with Gasteiger partial charge in [0.2, 0.25) is 0 Å². The first kappa shape index (κ1) is 20.9. The molecule has 2 aromatic heterocycles. The van der Waals surface area contributed by atoms with Crippen LogP contribution in [0.2, 0.25) is 5.02 Å². The zero-order chi connectivity index (χ0) is 22.2. The summed E-state index contributed by atoms with van der Waals surface area (Å²) in [6, 6.07) is 6.33. The first-order chi connectivity index (χ1) is 15.5. The average Bonchev–Trinajstić information content (AvgIpc) is 3.22. The van der Waals surface area contributed by atoms with Crippen LogP contribution in [-0.2, 0) is 6.42 Å². The number of anilines is 1. The van der Waals surface area contributed by atoms with Crippen molar-refractivity contribution in [1.82, 2.24) is 24.7 Å². The molecule has 1 saturated heterocycles. The quantitative estimate of drug-likeness (QED) is 0.534. The van der Waals surface area contributed by atoms with E-state index in [1.807, 2.05) is 6.92 Å². The maximum Gasteiger partial charge on any atom is 0.324 e. The van der Waals surface area contributed by atoms with Gasteiger partial charge in [-0.05, 0) is 49.7 Å². The van der Waals surface area contributed by atoms with Crippen LogP contribution in [0.4, 0.5) is 10.2 Å². The fourth-order valence-corrected chi connectivity index (χ4v) is 5.21. The minimum atomic E-state index is -0.473. The summed E-state index contributed by atoms with van der Waals surface area (Å²) in [5.74, 6) is 3.13. The number of halogens is 2. The molecule has 0 spiro atoms. The molecule has 1 saturated carbocycles. The van der Waals surface area contributed by atoms with Crippen molar-refractivity contribution in [1.29, 1.82) is 0 Å². The van der Waals surface area contributed by atoms with E-state index >= 15 is 0 Å². The van der Waals surface area contributed by atoms with E-state index in [0.717, 1.165) is 31.0 Å². The minimum absolute atomic E-state index is 0.248. The normalized spacial score (nSPS) is 22.2. The van der Waals surface area contributed by atoms with Crippen LogP contribution in [0.5, 0.6) is 11.8 Å². The van der Waals surface area contributed by atoms with Crippen LogP contribution in [0.1, 0.15) is 24.4 Å². The van der Waals surface area contributed by atoms with E-state index < -0.39 is 5.82 Å². The van der Waals surface area contributed by atoms with Crippen LogP contribution in [0.25, 0.3) is 6.20 Å². The highest BCUT2D eigenvalue weighted by molar-refractivity contribution is 6.30. The molecule has 166 valence electrons. The number of benzene rings is 1. The van der Waals surface area contributed by atoms with Gasteiger partial charge in [0, 0.05) is 48.6 Å². The summed E-state index contributed by atoms with van der Waals surface area (Å²) >= 11 is 5.93. The van der Waals surface area contributed by atoms with Crippen molar-refractivity contribution in [3.05, 3.63) is 59.5 Å². The Morgan fingerprint density at radius 3 is 2.66 bits per heavy atom. The molecule has 2 bridgehead atoms. The predicted molar refractivity (Wildman–Crippen MR) is 120 cm³/mol. The second-order valence-corrected chi connectivity index (χ2v) is 8.97. The molecule has 0 amide bonds. The number of rotatable bonds is 6. The summed E-state index contributed by atoms with van der Waals surface area (Å²) in [5.41, 5.74) is 0.982. The molecule has 32 heavy (non-hydrogen) atoms. The van der Waals surface area contributed by atoms with Crippen molar-refractivity contribution < 1.29 is 9.13 Å². The summed E-state index contributed by atoms with van der Waals surface area (Å²) in [6.07, 6.45) is 6.33. The van der Waals surface area contributed by atoms with E-state index in [0.29, 0.717) is 23.6 Å². The van der Waals surface area contributed by atoms with Crippen molar-refractivity contribution in [3.8, 4) is 11.8 Å². The molecule has 9 heteroatoms. The van der Waals surface area contributed by atoms with E-state index in [1.165, 1.54) is 41.9 Å². The van der Waals surface area contributed by atoms with Crippen molar-refractivity contribution >= 4 is 23.6 Å². The highest BCUT2D eigenvalue weighted by Crippen LogP contribution is 2.44. The van der Waals surface area contributed by atoms with Gasteiger partial charge in [0.05, 0.1) is 0 Å². The van der Waals surface area contributed by atoms with Gasteiger partial charge in [-0.3, -0.25) is 0 Å². The molecule has 3 heterocycles. The lowest BCUT2D eigenvalue weighted by molar-refractivity contribution is 0.264. The number of aromatic nitrogens is 5. The molecular formula is C23H24ClFN6O. The van der Waals surface area contributed by atoms with Gasteiger partial charge in [0.1, 0.15) is 23.7 Å². The van der Waals surface area contributed by atoms with Crippen LogP contribution >= 0.6 is 11.6 Å². The van der Waals surface area contributed by atoms with Gasteiger partial charge in [0.15, 0.2) is 5.82 Å². The number of nitrogens with zero attached hydrogens (tertiary/aromatic N) is 6. The fraction of sp³-hybridized carbons (Fsp3) is 0.391. The Bertz CT molecular complexity index is 1120. The zero-order valence-electron chi connectivity index (χ0n) is 17.8. The van der Waals surface area contributed by atoms with E-state index in [2.05, 4.69) is 37.6 Å². The Balaban J connectivity index is 1.31. The summed E-state index contributed by atoms with van der Waals surface area (Å²) in [7, 11) is 0. The summed E-state index contributed by atoms with van der Waals surface area (Å²) in [4.78, 5) is 15.6. The maximum absolute atomic E-state index is 13.7. The molecular weight excluding hydrogens is 431 g/mol. The van der Waals surface area contributed by atoms with Crippen molar-refractivity contribution in [3.63, 3.8) is 0 Å². The lowest BCUT2D eigenvalue weighted by Gasteiger charge is -2.38. The fourth-order valence-electron chi connectivity index (χ4n) is 5.00. The van der Waals surface area contributed by atoms with E-state index in [1.54, 1.807) is 6.33 Å². The number of aryl methyl sites for hydroxylation is 1. The molecule has 1 aliphatic carbocycles. The molecule has 2 unspecified atom stereocenters. The number of piperidine rings is 1. The van der Waals surface area contributed by atoms with Crippen molar-refractivity contribution in [2.75, 3.05) is 18.0 Å². The third-order valence-electron chi connectivity index (χ3n) is 6.42. The van der Waals surface area contributed by atoms with Gasteiger partial charge in [0.25, 0.3) is 0 Å². The van der Waals surface area contributed by atoms with Crippen LogP contribution in [0.3, 0.4) is 0 Å². The maximum atomic E-state index is 13.7. The summed E-state index contributed by atoms with van der Waals surface area (Å²) < 4.78 is 20.9. The standard InChI is InChI=1S/C23H24ClFN6O/c1-3-31-23(32-19-8-17(24)7-18(25)9-19)28-21(29-31)10-20-15-4-5-16(20)12-30(11-15)22-6-14(2)26-13-27-22/h3,6-9,13,15-16,20H,1,4-5,10-12H2,2H3.